The van der Waals surface area contributed by atoms with Crippen LogP contribution in [0.15, 0.2) is 53.8 Å². The molecular formula is C20H19Cl2N3O2S. The fourth-order valence-corrected chi connectivity index (χ4v) is 3.22. The lowest BCUT2D eigenvalue weighted by molar-refractivity contribution is 0.287. The van der Waals surface area contributed by atoms with Crippen LogP contribution in [0.3, 0.4) is 0 Å². The molecule has 1 N–H and O–H groups in total. The maximum atomic E-state index is 6.23. The Morgan fingerprint density at radius 3 is 2.57 bits per heavy atom. The molecular weight excluding hydrogens is 417 g/mol. The van der Waals surface area contributed by atoms with Crippen molar-refractivity contribution in [3.05, 3.63) is 69.8 Å². The van der Waals surface area contributed by atoms with Crippen LogP contribution in [0.4, 0.5) is 5.69 Å². The number of nitrogens with one attached hydrogen (secondary N) is 1. The third kappa shape index (κ3) is 5.44. The van der Waals surface area contributed by atoms with Crippen LogP contribution in [0.25, 0.3) is 0 Å². The van der Waals surface area contributed by atoms with Gasteiger partial charge in [-0.25, -0.2) is 4.98 Å². The van der Waals surface area contributed by atoms with Gasteiger partial charge in [0, 0.05) is 17.8 Å². The Morgan fingerprint density at radius 2 is 1.89 bits per heavy atom. The summed E-state index contributed by atoms with van der Waals surface area (Å²) in [6, 6.07) is 13.0. The summed E-state index contributed by atoms with van der Waals surface area (Å²) >= 11 is 13.6. The second kappa shape index (κ2) is 9.87. The maximum Gasteiger partial charge on any atom is 0.222 e. The molecule has 5 nitrogen and oxygen atoms in total. The van der Waals surface area contributed by atoms with Gasteiger partial charge >= 0.3 is 0 Å². The molecule has 3 aromatic rings. The van der Waals surface area contributed by atoms with Gasteiger partial charge in [-0.3, -0.25) is 0 Å². The van der Waals surface area contributed by atoms with Gasteiger partial charge in [0.1, 0.15) is 12.4 Å². The Bertz CT molecular complexity index is 939. The zero-order valence-corrected chi connectivity index (χ0v) is 17.7. The van der Waals surface area contributed by atoms with Gasteiger partial charge in [0.2, 0.25) is 5.88 Å². The van der Waals surface area contributed by atoms with E-state index in [1.165, 1.54) is 11.8 Å². The molecule has 0 atom stereocenters. The molecule has 0 amide bonds. The molecule has 0 aliphatic rings. The van der Waals surface area contributed by atoms with Crippen molar-refractivity contribution in [1.29, 1.82) is 0 Å². The number of halogens is 2. The molecule has 0 radical (unpaired) electrons. The maximum absolute atomic E-state index is 6.23. The van der Waals surface area contributed by atoms with E-state index >= 15 is 0 Å². The number of anilines is 1. The molecule has 0 fully saturated rings. The minimum Gasteiger partial charge on any atom is -0.497 e. The van der Waals surface area contributed by atoms with E-state index in [9.17, 15) is 0 Å². The topological polar surface area (TPSA) is 56.3 Å². The molecule has 1 heterocycles. The number of methoxy groups -OCH3 is 1. The number of hydrogen-bond donors (Lipinski definition) is 1. The zero-order chi connectivity index (χ0) is 19.9. The molecule has 0 saturated carbocycles. The third-order valence-corrected chi connectivity index (χ3v) is 5.03. The van der Waals surface area contributed by atoms with Crippen molar-refractivity contribution in [2.75, 3.05) is 18.7 Å². The number of hydrogen-bond acceptors (Lipinski definition) is 6. The largest absolute Gasteiger partial charge is 0.497 e. The fourth-order valence-electron chi connectivity index (χ4n) is 2.42. The molecule has 0 spiro atoms. The Morgan fingerprint density at radius 1 is 1.11 bits per heavy atom. The lowest BCUT2D eigenvalue weighted by atomic mass is 10.2. The smallest absolute Gasteiger partial charge is 0.222 e. The first-order valence-corrected chi connectivity index (χ1v) is 10.4. The fraction of sp³-hybridized carbons (Fsp3) is 0.200. The van der Waals surface area contributed by atoms with Gasteiger partial charge in [-0.05, 0) is 42.2 Å². The number of benzene rings is 2. The first-order chi connectivity index (χ1) is 13.6. The van der Waals surface area contributed by atoms with Crippen molar-refractivity contribution in [2.45, 2.75) is 18.3 Å². The van der Waals surface area contributed by atoms with E-state index in [0.717, 1.165) is 22.6 Å². The molecule has 2 aromatic carbocycles. The number of nitrogens with zero attached hydrogens (tertiary/aromatic N) is 2. The number of rotatable bonds is 8. The predicted octanol–water partition coefficient (Wildman–Crippen LogP) is 5.71. The summed E-state index contributed by atoms with van der Waals surface area (Å²) in [7, 11) is 1.64. The number of thioether (sulfide) groups is 1. The zero-order valence-electron chi connectivity index (χ0n) is 15.4. The van der Waals surface area contributed by atoms with E-state index in [0.29, 0.717) is 34.2 Å². The monoisotopic (exact) mass is 435 g/mol. The molecule has 0 saturated heterocycles. The average Bonchev–Trinajstić information content (AvgIpc) is 2.72. The highest BCUT2D eigenvalue weighted by atomic mass is 35.5. The molecule has 3 rings (SSSR count). The lowest BCUT2D eigenvalue weighted by Gasteiger charge is -2.13. The normalized spacial score (nSPS) is 10.6. The van der Waals surface area contributed by atoms with Gasteiger partial charge < -0.3 is 14.8 Å². The van der Waals surface area contributed by atoms with Gasteiger partial charge in [0.05, 0.1) is 23.4 Å². The second-order valence-corrected chi connectivity index (χ2v) is 7.42. The second-order valence-electron chi connectivity index (χ2n) is 5.80. The van der Waals surface area contributed by atoms with Crippen molar-refractivity contribution in [3.8, 4) is 11.6 Å². The highest BCUT2D eigenvalue weighted by Gasteiger charge is 2.10. The van der Waals surface area contributed by atoms with Crippen LogP contribution in [0.5, 0.6) is 11.6 Å². The molecule has 28 heavy (non-hydrogen) atoms. The first-order valence-electron chi connectivity index (χ1n) is 8.43. The highest BCUT2D eigenvalue weighted by molar-refractivity contribution is 7.98. The van der Waals surface area contributed by atoms with Crippen LogP contribution in [0, 0.1) is 0 Å². The van der Waals surface area contributed by atoms with Crippen LogP contribution in [0.1, 0.15) is 11.1 Å². The van der Waals surface area contributed by atoms with Crippen molar-refractivity contribution in [2.24, 2.45) is 0 Å². The third-order valence-electron chi connectivity index (χ3n) is 3.92. The van der Waals surface area contributed by atoms with Gasteiger partial charge in [-0.1, -0.05) is 47.1 Å². The quantitative estimate of drug-likeness (QED) is 0.361. The van der Waals surface area contributed by atoms with Crippen molar-refractivity contribution >= 4 is 40.7 Å². The summed E-state index contributed by atoms with van der Waals surface area (Å²) in [4.78, 5) is 8.85. The van der Waals surface area contributed by atoms with Crippen LogP contribution in [-0.4, -0.2) is 23.3 Å². The van der Waals surface area contributed by atoms with E-state index in [2.05, 4.69) is 15.3 Å². The molecule has 0 aliphatic heterocycles. The summed E-state index contributed by atoms with van der Waals surface area (Å²) in [5.74, 6) is 1.34. The standard InChI is InChI=1S/C20H19Cl2N3O2S/c1-26-16-6-3-13(4-7-16)12-27-19-14(11-24-20(25-19)28-2)10-23-18-8-5-15(21)9-17(18)22/h3-9,11,23H,10,12H2,1-2H3. The van der Waals surface area contributed by atoms with E-state index < -0.39 is 0 Å². The minimum absolute atomic E-state index is 0.392. The molecule has 8 heteroatoms. The first kappa shape index (κ1) is 20.6. The van der Waals surface area contributed by atoms with Crippen LogP contribution < -0.4 is 14.8 Å². The van der Waals surface area contributed by atoms with Crippen molar-refractivity contribution < 1.29 is 9.47 Å². The molecule has 146 valence electrons. The summed E-state index contributed by atoms with van der Waals surface area (Å²) in [5.41, 5.74) is 2.63. The molecule has 0 aliphatic carbocycles. The number of aromatic nitrogens is 2. The van der Waals surface area contributed by atoms with Crippen LogP contribution >= 0.6 is 35.0 Å². The van der Waals surface area contributed by atoms with E-state index in [-0.39, 0.29) is 0 Å². The van der Waals surface area contributed by atoms with E-state index in [1.54, 1.807) is 25.4 Å². The number of ether oxygens (including phenoxy) is 2. The summed E-state index contributed by atoms with van der Waals surface area (Å²) in [5, 5.41) is 5.06. The van der Waals surface area contributed by atoms with E-state index in [1.807, 2.05) is 36.6 Å². The predicted molar refractivity (Wildman–Crippen MR) is 115 cm³/mol. The Labute approximate surface area is 178 Å². The van der Waals surface area contributed by atoms with Gasteiger partial charge in [-0.15, -0.1) is 0 Å². The summed E-state index contributed by atoms with van der Waals surface area (Å²) in [6.07, 6.45) is 3.69. The van der Waals surface area contributed by atoms with Gasteiger partial charge in [0.25, 0.3) is 0 Å². The van der Waals surface area contributed by atoms with Crippen molar-refractivity contribution in [3.63, 3.8) is 0 Å². The Balaban J connectivity index is 1.73. The molecule has 0 unspecified atom stereocenters. The molecule has 1 aromatic heterocycles. The Hall–Kier alpha value is -2.15. The minimum atomic E-state index is 0.392. The Kier molecular flexibility index (Phi) is 7.25. The highest BCUT2D eigenvalue weighted by Crippen LogP contribution is 2.27. The van der Waals surface area contributed by atoms with Crippen LogP contribution in [0.2, 0.25) is 10.0 Å². The average molecular weight is 436 g/mol. The van der Waals surface area contributed by atoms with Crippen molar-refractivity contribution in [1.82, 2.24) is 9.97 Å². The van der Waals surface area contributed by atoms with E-state index in [4.69, 9.17) is 32.7 Å². The summed E-state index contributed by atoms with van der Waals surface area (Å²) < 4.78 is 11.2. The van der Waals surface area contributed by atoms with Gasteiger partial charge in [-0.2, -0.15) is 4.98 Å². The van der Waals surface area contributed by atoms with Crippen LogP contribution in [-0.2, 0) is 13.2 Å². The SMILES string of the molecule is COc1ccc(COc2nc(SC)ncc2CNc2ccc(Cl)cc2Cl)cc1. The lowest BCUT2D eigenvalue weighted by Crippen LogP contribution is -2.07. The van der Waals surface area contributed by atoms with Gasteiger partial charge in [0.15, 0.2) is 5.16 Å². The summed E-state index contributed by atoms with van der Waals surface area (Å²) in [6.45, 7) is 0.859. The molecule has 0 bridgehead atoms.